The van der Waals surface area contributed by atoms with Crippen LogP contribution in [0.1, 0.15) is 200 Å². The van der Waals surface area contributed by atoms with Crippen molar-refractivity contribution in [3.05, 3.63) is 24.3 Å². The molecule has 59 heavy (non-hydrogen) atoms. The lowest BCUT2D eigenvalue weighted by Crippen LogP contribution is -2.60. The quantitative estimate of drug-likeness (QED) is 0.0199. The maximum absolute atomic E-state index is 12.8. The summed E-state index contributed by atoms with van der Waals surface area (Å²) in [5.41, 5.74) is 0. The van der Waals surface area contributed by atoms with Crippen LogP contribution in [-0.2, 0) is 38.7 Å². The van der Waals surface area contributed by atoms with Crippen molar-refractivity contribution >= 4 is 22.1 Å². The molecule has 0 saturated carbocycles. The van der Waals surface area contributed by atoms with Crippen LogP contribution < -0.4 is 0 Å². The van der Waals surface area contributed by atoms with Gasteiger partial charge in [-0.2, -0.15) is 8.42 Å². The predicted octanol–water partition coefficient (Wildman–Crippen LogP) is 9.62. The van der Waals surface area contributed by atoms with Crippen LogP contribution in [0.2, 0.25) is 0 Å². The first kappa shape index (κ1) is 55.1. The van der Waals surface area contributed by atoms with E-state index in [1.54, 1.807) is 0 Å². The van der Waals surface area contributed by atoms with Gasteiger partial charge in [-0.1, -0.05) is 147 Å². The zero-order chi connectivity index (χ0) is 43.4. The van der Waals surface area contributed by atoms with Crippen molar-refractivity contribution in [1.82, 2.24) is 0 Å². The summed E-state index contributed by atoms with van der Waals surface area (Å²) in [6, 6.07) is 0. The highest BCUT2D eigenvalue weighted by atomic mass is 32.2. The van der Waals surface area contributed by atoms with Crippen molar-refractivity contribution in [3.63, 3.8) is 0 Å². The van der Waals surface area contributed by atoms with Crippen LogP contribution in [0.5, 0.6) is 0 Å². The van der Waals surface area contributed by atoms with Gasteiger partial charge in [-0.15, -0.1) is 0 Å². The smallest absolute Gasteiger partial charge is 0.306 e. The fourth-order valence-corrected chi connectivity index (χ4v) is 7.77. The molecule has 0 spiro atoms. The molecule has 0 amide bonds. The minimum absolute atomic E-state index is 0.162. The first-order chi connectivity index (χ1) is 28.5. The van der Waals surface area contributed by atoms with Crippen molar-refractivity contribution in [2.45, 2.75) is 237 Å². The lowest BCUT2D eigenvalue weighted by atomic mass is 10.00. The first-order valence-corrected chi connectivity index (χ1v) is 25.0. The van der Waals surface area contributed by atoms with Crippen LogP contribution in [0.4, 0.5) is 0 Å². The Balaban J connectivity index is 2.41. The Morgan fingerprint density at radius 3 is 1.44 bits per heavy atom. The number of carbonyl (C=O) groups excluding carboxylic acids is 2. The number of hydrogen-bond donors (Lipinski definition) is 4. The summed E-state index contributed by atoms with van der Waals surface area (Å²) in [4.78, 5) is 25.4. The highest BCUT2D eigenvalue weighted by molar-refractivity contribution is 7.85. The molecule has 0 bridgehead atoms. The minimum Gasteiger partial charge on any atom is -0.462 e. The van der Waals surface area contributed by atoms with Gasteiger partial charge in [-0.05, 0) is 64.2 Å². The van der Waals surface area contributed by atoms with Crippen LogP contribution in [0.3, 0.4) is 0 Å². The van der Waals surface area contributed by atoms with Crippen molar-refractivity contribution in [2.75, 3.05) is 19.0 Å². The molecule has 13 heteroatoms. The average Bonchev–Trinajstić information content (AvgIpc) is 3.20. The van der Waals surface area contributed by atoms with Gasteiger partial charge in [0.25, 0.3) is 10.1 Å². The normalized spacial score (nSPS) is 20.4. The highest BCUT2D eigenvalue weighted by Crippen LogP contribution is 2.24. The Hall–Kier alpha value is -1.87. The second kappa shape index (κ2) is 36.8. The number of esters is 2. The summed E-state index contributed by atoms with van der Waals surface area (Å²) in [5.74, 6) is -1.99. The summed E-state index contributed by atoms with van der Waals surface area (Å²) >= 11 is 0. The molecule has 1 saturated heterocycles. The van der Waals surface area contributed by atoms with Gasteiger partial charge in [0.1, 0.15) is 36.8 Å². The van der Waals surface area contributed by atoms with E-state index >= 15 is 0 Å². The topological polar surface area (TPSA) is 186 Å². The third kappa shape index (κ3) is 31.6. The maximum Gasteiger partial charge on any atom is 0.306 e. The van der Waals surface area contributed by atoms with Gasteiger partial charge in [0.05, 0.1) is 6.61 Å². The predicted molar refractivity (Wildman–Crippen MR) is 233 cm³/mol. The Labute approximate surface area is 358 Å². The van der Waals surface area contributed by atoms with Gasteiger partial charge in [-0.3, -0.25) is 14.1 Å². The molecule has 1 rings (SSSR count). The fourth-order valence-electron chi connectivity index (χ4n) is 7.08. The lowest BCUT2D eigenvalue weighted by Gasteiger charge is -2.40. The van der Waals surface area contributed by atoms with E-state index in [4.69, 9.17) is 18.9 Å². The van der Waals surface area contributed by atoms with E-state index < -0.39 is 71.2 Å². The number of aliphatic hydroxyl groups is 3. The lowest BCUT2D eigenvalue weighted by molar-refractivity contribution is -0.297. The molecule has 0 aromatic carbocycles. The molecule has 0 aromatic rings. The number of hydrogen-bond acceptors (Lipinski definition) is 11. The molecule has 1 aliphatic heterocycles. The third-order valence-electron chi connectivity index (χ3n) is 10.8. The molecule has 4 N–H and O–H groups in total. The summed E-state index contributed by atoms with van der Waals surface area (Å²) < 4.78 is 54.1. The Bertz CT molecular complexity index is 1190. The zero-order valence-electron chi connectivity index (χ0n) is 36.9. The van der Waals surface area contributed by atoms with E-state index in [1.807, 2.05) is 0 Å². The molecule has 12 nitrogen and oxygen atoms in total. The van der Waals surface area contributed by atoms with Crippen molar-refractivity contribution < 1.29 is 56.8 Å². The van der Waals surface area contributed by atoms with E-state index in [9.17, 15) is 37.9 Å². The van der Waals surface area contributed by atoms with Crippen LogP contribution in [-0.4, -0.2) is 96.0 Å². The van der Waals surface area contributed by atoms with E-state index in [2.05, 4.69) is 38.2 Å². The van der Waals surface area contributed by atoms with Gasteiger partial charge >= 0.3 is 11.9 Å². The Morgan fingerprint density at radius 2 is 0.966 bits per heavy atom. The molecular formula is C46H84O12S. The van der Waals surface area contributed by atoms with Crippen molar-refractivity contribution in [1.29, 1.82) is 0 Å². The number of ether oxygens (including phenoxy) is 4. The molecule has 1 fully saturated rings. The van der Waals surface area contributed by atoms with Crippen molar-refractivity contribution in [2.24, 2.45) is 0 Å². The SMILES string of the molecule is CCCCC/C=C/CCCCCCCC(=O)OC[C@H](CO[C@H]1O[C@H](CS(=O)(=O)O)[C@@H](O)C(O)C1O)OC(=O)CCCCCCCCCCC/C=C/CCCCCCCC. The van der Waals surface area contributed by atoms with Crippen molar-refractivity contribution in [3.8, 4) is 0 Å². The molecule has 1 aliphatic rings. The number of aliphatic hydroxyl groups excluding tert-OH is 3. The van der Waals surface area contributed by atoms with Gasteiger partial charge in [0.2, 0.25) is 0 Å². The van der Waals surface area contributed by atoms with E-state index in [-0.39, 0.29) is 19.4 Å². The number of rotatable bonds is 39. The summed E-state index contributed by atoms with van der Waals surface area (Å²) in [6.07, 6.45) is 30.8. The monoisotopic (exact) mass is 861 g/mol. The molecule has 0 aliphatic carbocycles. The van der Waals surface area contributed by atoms with E-state index in [0.717, 1.165) is 57.8 Å². The fraction of sp³-hybridized carbons (Fsp3) is 0.870. The molecule has 2 unspecified atom stereocenters. The van der Waals surface area contributed by atoms with Gasteiger partial charge in [0, 0.05) is 12.8 Å². The van der Waals surface area contributed by atoms with Crippen LogP contribution in [0.25, 0.3) is 0 Å². The summed E-state index contributed by atoms with van der Waals surface area (Å²) in [7, 11) is -4.60. The van der Waals surface area contributed by atoms with Gasteiger partial charge in [0.15, 0.2) is 12.4 Å². The molecule has 346 valence electrons. The second-order valence-corrected chi connectivity index (χ2v) is 17.9. The maximum atomic E-state index is 12.8. The zero-order valence-corrected chi connectivity index (χ0v) is 37.7. The Morgan fingerprint density at radius 1 is 0.559 bits per heavy atom. The molecule has 6 atom stereocenters. The highest BCUT2D eigenvalue weighted by Gasteiger charge is 2.46. The van der Waals surface area contributed by atoms with Gasteiger partial charge < -0.3 is 34.3 Å². The van der Waals surface area contributed by atoms with Crippen LogP contribution in [0, 0.1) is 0 Å². The average molecular weight is 861 g/mol. The molecule has 0 radical (unpaired) electrons. The van der Waals surface area contributed by atoms with Crippen LogP contribution in [0.15, 0.2) is 24.3 Å². The molecule has 1 heterocycles. The minimum atomic E-state index is -4.60. The first-order valence-electron chi connectivity index (χ1n) is 23.4. The summed E-state index contributed by atoms with van der Waals surface area (Å²) in [5, 5.41) is 30.9. The molecule has 0 aromatic heterocycles. The van der Waals surface area contributed by atoms with Crippen LogP contribution >= 0.6 is 0 Å². The molecular weight excluding hydrogens is 777 g/mol. The van der Waals surface area contributed by atoms with E-state index in [0.29, 0.717) is 12.8 Å². The largest absolute Gasteiger partial charge is 0.462 e. The van der Waals surface area contributed by atoms with E-state index in [1.165, 1.54) is 103 Å². The number of carbonyl (C=O) groups is 2. The van der Waals surface area contributed by atoms with Gasteiger partial charge in [-0.25, -0.2) is 0 Å². The second-order valence-electron chi connectivity index (χ2n) is 16.4. The summed E-state index contributed by atoms with van der Waals surface area (Å²) in [6.45, 7) is 3.73. The standard InChI is InChI=1S/C46H84O12S/c1-3-5-7-9-11-13-15-17-18-19-20-21-22-23-25-27-29-31-33-35-42(48)57-39(37-56-46-45(51)44(50)43(49)40(58-46)38-59(52,53)54)36-55-41(47)34-32-30-28-26-24-16-14-12-10-8-6-4-2/h12,14,17-18,39-40,43-46,49-51H,3-11,13,15-16,19-38H2,1-2H3,(H,52,53,54)/b14-12+,18-17+/t39-,40-,43-,44?,45?,46+/m1/s1. The third-order valence-corrected chi connectivity index (χ3v) is 11.5. The number of allylic oxidation sites excluding steroid dienone is 4. The Kier molecular flexibility index (Phi) is 34.4. The number of unbranched alkanes of at least 4 members (excludes halogenated alkanes) is 23.